The number of anilines is 1. The lowest BCUT2D eigenvalue weighted by Crippen LogP contribution is -2.41. The Labute approximate surface area is 151 Å². The Bertz CT molecular complexity index is 902. The number of nitrogens with one attached hydrogen (secondary N) is 2. The minimum absolute atomic E-state index is 0.379. The SMILES string of the molecule is CN(C)c1cccc(C(=O)NNC(=O)c2ccc(-n3cccn3)cc2)c1. The zero-order chi connectivity index (χ0) is 18.5. The van der Waals surface area contributed by atoms with Gasteiger partial charge in [-0.3, -0.25) is 20.4 Å². The largest absolute Gasteiger partial charge is 0.378 e. The average molecular weight is 349 g/mol. The Morgan fingerprint density at radius 3 is 2.23 bits per heavy atom. The molecule has 7 nitrogen and oxygen atoms in total. The second kappa shape index (κ2) is 7.52. The number of nitrogens with zero attached hydrogens (tertiary/aromatic N) is 3. The summed E-state index contributed by atoms with van der Waals surface area (Å²) in [4.78, 5) is 26.3. The molecular formula is C19H19N5O2. The van der Waals surface area contributed by atoms with E-state index in [2.05, 4.69) is 16.0 Å². The molecule has 0 saturated heterocycles. The molecule has 0 unspecified atom stereocenters. The molecule has 0 aliphatic carbocycles. The molecule has 0 bridgehead atoms. The van der Waals surface area contributed by atoms with E-state index in [4.69, 9.17) is 0 Å². The predicted molar refractivity (Wildman–Crippen MR) is 99.3 cm³/mol. The van der Waals surface area contributed by atoms with E-state index in [0.717, 1.165) is 11.4 Å². The molecule has 1 aromatic heterocycles. The molecular weight excluding hydrogens is 330 g/mol. The van der Waals surface area contributed by atoms with Crippen molar-refractivity contribution in [3.05, 3.63) is 78.1 Å². The summed E-state index contributed by atoms with van der Waals surface area (Å²) in [5.74, 6) is -0.774. The van der Waals surface area contributed by atoms with Crippen LogP contribution in [-0.2, 0) is 0 Å². The number of aromatic nitrogens is 2. The fourth-order valence-electron chi connectivity index (χ4n) is 2.37. The van der Waals surface area contributed by atoms with E-state index in [1.165, 1.54) is 0 Å². The summed E-state index contributed by atoms with van der Waals surface area (Å²) in [6.45, 7) is 0. The van der Waals surface area contributed by atoms with Gasteiger partial charge in [-0.15, -0.1) is 0 Å². The van der Waals surface area contributed by atoms with Crippen molar-refractivity contribution in [1.82, 2.24) is 20.6 Å². The smallest absolute Gasteiger partial charge is 0.269 e. The van der Waals surface area contributed by atoms with Gasteiger partial charge in [0.25, 0.3) is 11.8 Å². The Morgan fingerprint density at radius 2 is 1.62 bits per heavy atom. The van der Waals surface area contributed by atoms with Gasteiger partial charge in [0.15, 0.2) is 0 Å². The van der Waals surface area contributed by atoms with Crippen molar-refractivity contribution in [3.8, 4) is 5.69 Å². The van der Waals surface area contributed by atoms with E-state index >= 15 is 0 Å². The van der Waals surface area contributed by atoms with Crippen LogP contribution in [0.2, 0.25) is 0 Å². The topological polar surface area (TPSA) is 79.3 Å². The third-order valence-corrected chi connectivity index (χ3v) is 3.81. The molecule has 0 fully saturated rings. The molecule has 0 aliphatic heterocycles. The van der Waals surface area contributed by atoms with Gasteiger partial charge in [-0.25, -0.2) is 4.68 Å². The first-order valence-corrected chi connectivity index (χ1v) is 8.03. The maximum atomic E-state index is 12.2. The Kier molecular flexibility index (Phi) is 4.98. The molecule has 0 aliphatic rings. The summed E-state index contributed by atoms with van der Waals surface area (Å²) in [5.41, 5.74) is 7.50. The number of amides is 2. The number of hydrazine groups is 1. The molecule has 2 N–H and O–H groups in total. The maximum absolute atomic E-state index is 12.2. The van der Waals surface area contributed by atoms with Gasteiger partial charge < -0.3 is 4.90 Å². The molecule has 132 valence electrons. The predicted octanol–water partition coefficient (Wildman–Crippen LogP) is 2.01. The van der Waals surface area contributed by atoms with Crippen LogP contribution >= 0.6 is 0 Å². The second-order valence-electron chi connectivity index (χ2n) is 5.85. The number of benzene rings is 2. The number of carbonyl (C=O) groups is 2. The highest BCUT2D eigenvalue weighted by Gasteiger charge is 2.10. The van der Waals surface area contributed by atoms with Gasteiger partial charge in [0.2, 0.25) is 0 Å². The summed E-state index contributed by atoms with van der Waals surface area (Å²) < 4.78 is 1.70. The first-order valence-electron chi connectivity index (χ1n) is 8.03. The van der Waals surface area contributed by atoms with Gasteiger partial charge in [-0.05, 0) is 48.5 Å². The van der Waals surface area contributed by atoms with Crippen molar-refractivity contribution in [2.75, 3.05) is 19.0 Å². The quantitative estimate of drug-likeness (QED) is 0.706. The Hall–Kier alpha value is -3.61. The molecule has 0 radical (unpaired) electrons. The highest BCUT2D eigenvalue weighted by Crippen LogP contribution is 2.13. The fraction of sp³-hybridized carbons (Fsp3) is 0.105. The Balaban J connectivity index is 1.61. The minimum Gasteiger partial charge on any atom is -0.378 e. The van der Waals surface area contributed by atoms with Crippen LogP contribution in [0, 0.1) is 0 Å². The molecule has 26 heavy (non-hydrogen) atoms. The molecule has 2 aromatic carbocycles. The van der Waals surface area contributed by atoms with E-state index in [-0.39, 0.29) is 5.91 Å². The van der Waals surface area contributed by atoms with E-state index in [1.807, 2.05) is 37.3 Å². The van der Waals surface area contributed by atoms with Crippen LogP contribution in [0.3, 0.4) is 0 Å². The van der Waals surface area contributed by atoms with Crippen LogP contribution in [0.1, 0.15) is 20.7 Å². The summed E-state index contributed by atoms with van der Waals surface area (Å²) in [7, 11) is 3.79. The molecule has 3 rings (SSSR count). The van der Waals surface area contributed by atoms with E-state index in [1.54, 1.807) is 53.3 Å². The van der Waals surface area contributed by atoms with Gasteiger partial charge in [0.05, 0.1) is 5.69 Å². The van der Waals surface area contributed by atoms with Gasteiger partial charge in [0, 0.05) is 43.3 Å². The summed E-state index contributed by atoms with van der Waals surface area (Å²) in [6.07, 6.45) is 3.50. The normalized spacial score (nSPS) is 10.2. The fourth-order valence-corrected chi connectivity index (χ4v) is 2.37. The van der Waals surface area contributed by atoms with E-state index < -0.39 is 5.91 Å². The highest BCUT2D eigenvalue weighted by atomic mass is 16.2. The highest BCUT2D eigenvalue weighted by molar-refractivity contribution is 5.99. The van der Waals surface area contributed by atoms with Crippen molar-refractivity contribution in [2.45, 2.75) is 0 Å². The van der Waals surface area contributed by atoms with Gasteiger partial charge in [-0.1, -0.05) is 6.07 Å². The molecule has 0 saturated carbocycles. The number of hydrogen-bond acceptors (Lipinski definition) is 4. The molecule has 0 atom stereocenters. The number of rotatable bonds is 4. The standard InChI is InChI=1S/C19H19N5O2/c1-23(2)17-6-3-5-15(13-17)19(26)22-21-18(25)14-7-9-16(10-8-14)24-12-4-11-20-24/h3-13H,1-2H3,(H,21,25)(H,22,26). The van der Waals surface area contributed by atoms with Crippen LogP contribution in [0.5, 0.6) is 0 Å². The molecule has 0 spiro atoms. The average Bonchev–Trinajstić information content (AvgIpc) is 3.21. The lowest BCUT2D eigenvalue weighted by molar-refractivity contribution is 0.0846. The lowest BCUT2D eigenvalue weighted by atomic mass is 10.2. The second-order valence-corrected chi connectivity index (χ2v) is 5.85. The third-order valence-electron chi connectivity index (χ3n) is 3.81. The Morgan fingerprint density at radius 1 is 0.923 bits per heavy atom. The monoisotopic (exact) mass is 349 g/mol. The zero-order valence-electron chi connectivity index (χ0n) is 14.5. The maximum Gasteiger partial charge on any atom is 0.269 e. The summed E-state index contributed by atoms with van der Waals surface area (Å²) in [5, 5.41) is 4.13. The van der Waals surface area contributed by atoms with Crippen molar-refractivity contribution >= 4 is 17.5 Å². The van der Waals surface area contributed by atoms with E-state index in [9.17, 15) is 9.59 Å². The van der Waals surface area contributed by atoms with Crippen molar-refractivity contribution in [3.63, 3.8) is 0 Å². The first-order chi connectivity index (χ1) is 12.5. The number of carbonyl (C=O) groups excluding carboxylic acids is 2. The summed E-state index contributed by atoms with van der Waals surface area (Å²) >= 11 is 0. The summed E-state index contributed by atoms with van der Waals surface area (Å²) in [6, 6.07) is 15.9. The van der Waals surface area contributed by atoms with Crippen molar-refractivity contribution in [2.24, 2.45) is 0 Å². The van der Waals surface area contributed by atoms with Crippen molar-refractivity contribution in [1.29, 1.82) is 0 Å². The van der Waals surface area contributed by atoms with Crippen LogP contribution in [-0.4, -0.2) is 35.7 Å². The molecule has 1 heterocycles. The van der Waals surface area contributed by atoms with Crippen LogP contribution in [0.4, 0.5) is 5.69 Å². The first kappa shape index (κ1) is 17.2. The number of hydrogen-bond donors (Lipinski definition) is 2. The zero-order valence-corrected chi connectivity index (χ0v) is 14.5. The van der Waals surface area contributed by atoms with Gasteiger partial charge in [0.1, 0.15) is 0 Å². The van der Waals surface area contributed by atoms with Crippen LogP contribution in [0.25, 0.3) is 5.69 Å². The minimum atomic E-state index is -0.394. The van der Waals surface area contributed by atoms with Crippen molar-refractivity contribution < 1.29 is 9.59 Å². The van der Waals surface area contributed by atoms with Gasteiger partial charge >= 0.3 is 0 Å². The third kappa shape index (κ3) is 3.89. The van der Waals surface area contributed by atoms with E-state index in [0.29, 0.717) is 11.1 Å². The van der Waals surface area contributed by atoms with Crippen LogP contribution < -0.4 is 15.8 Å². The van der Waals surface area contributed by atoms with Gasteiger partial charge in [-0.2, -0.15) is 5.10 Å². The molecule has 3 aromatic rings. The molecule has 2 amide bonds. The molecule has 7 heteroatoms. The van der Waals surface area contributed by atoms with Crippen LogP contribution in [0.15, 0.2) is 67.0 Å². The lowest BCUT2D eigenvalue weighted by Gasteiger charge is -2.13.